The fraction of sp³-hybridized carbons (Fsp3) is 0.160. The molecule has 0 aliphatic carbocycles. The third kappa shape index (κ3) is 3.97. The molecule has 3 heterocycles. The molecule has 0 radical (unpaired) electrons. The van der Waals surface area contributed by atoms with Gasteiger partial charge < -0.3 is 9.64 Å². The summed E-state index contributed by atoms with van der Waals surface area (Å²) in [5, 5.41) is -0.147. The van der Waals surface area contributed by atoms with Gasteiger partial charge in [0, 0.05) is 25.4 Å². The Morgan fingerprint density at radius 1 is 1.17 bits per heavy atom. The lowest BCUT2D eigenvalue weighted by Crippen LogP contribution is -2.31. The van der Waals surface area contributed by atoms with Crippen LogP contribution in [0.3, 0.4) is 0 Å². The van der Waals surface area contributed by atoms with Crippen molar-refractivity contribution >= 4 is 28.5 Å². The van der Waals surface area contributed by atoms with Gasteiger partial charge >= 0.3 is 5.69 Å². The van der Waals surface area contributed by atoms with Gasteiger partial charge in [-0.3, -0.25) is 18.9 Å². The predicted molar refractivity (Wildman–Crippen MR) is 127 cm³/mol. The summed E-state index contributed by atoms with van der Waals surface area (Å²) in [6, 6.07) is 9.59. The Bertz CT molecular complexity index is 1530. The molecule has 1 atom stereocenters. The summed E-state index contributed by atoms with van der Waals surface area (Å²) >= 11 is 5.77. The number of ether oxygens (including phenoxy) is 1. The summed E-state index contributed by atoms with van der Waals surface area (Å²) in [6.07, 6.45) is 4.94. The van der Waals surface area contributed by atoms with E-state index >= 15 is 4.39 Å². The molecule has 1 amide bonds. The molecule has 1 aliphatic heterocycles. The number of hydrogen-bond donors (Lipinski definition) is 0. The molecule has 1 saturated heterocycles. The Hall–Kier alpha value is -3.98. The number of carbonyl (C=O) groups is 1. The number of benzene rings is 2. The SMILES string of the molecule is C=CC(=O)N1CCC(n2c(=O)n(-c3ccc(Oc4cccc(Cl)c4F)c(F)c3)c3cnccc32)C1. The van der Waals surface area contributed by atoms with Gasteiger partial charge in [0.25, 0.3) is 0 Å². The fourth-order valence-corrected chi connectivity index (χ4v) is 4.51. The number of fused-ring (bicyclic) bond motifs is 1. The van der Waals surface area contributed by atoms with Gasteiger partial charge in [-0.05, 0) is 42.8 Å². The molecule has 0 spiro atoms. The van der Waals surface area contributed by atoms with E-state index in [0.717, 1.165) is 6.07 Å². The fourth-order valence-electron chi connectivity index (χ4n) is 4.35. The molecule has 1 fully saturated rings. The number of halogens is 3. The Morgan fingerprint density at radius 3 is 2.77 bits per heavy atom. The van der Waals surface area contributed by atoms with E-state index < -0.39 is 11.6 Å². The summed E-state index contributed by atoms with van der Waals surface area (Å²) < 4.78 is 37.5. The number of rotatable bonds is 5. The zero-order valence-electron chi connectivity index (χ0n) is 18.3. The Balaban J connectivity index is 1.54. The monoisotopic (exact) mass is 496 g/mol. The van der Waals surface area contributed by atoms with Crippen molar-refractivity contribution in [1.82, 2.24) is 19.0 Å². The van der Waals surface area contributed by atoms with Crippen LogP contribution in [0.25, 0.3) is 16.7 Å². The Morgan fingerprint density at radius 2 is 2.00 bits per heavy atom. The summed E-state index contributed by atoms with van der Waals surface area (Å²) in [4.78, 5) is 31.3. The van der Waals surface area contributed by atoms with Gasteiger partial charge in [-0.25, -0.2) is 13.6 Å². The van der Waals surface area contributed by atoms with Crippen LogP contribution in [0, 0.1) is 11.6 Å². The van der Waals surface area contributed by atoms with Crippen LogP contribution in [-0.4, -0.2) is 38.0 Å². The molecule has 1 unspecified atom stereocenters. The zero-order chi connectivity index (χ0) is 24.7. The maximum Gasteiger partial charge on any atom is 0.334 e. The maximum absolute atomic E-state index is 15.0. The quantitative estimate of drug-likeness (QED) is 0.370. The lowest BCUT2D eigenvalue weighted by molar-refractivity contribution is -0.125. The highest BCUT2D eigenvalue weighted by Crippen LogP contribution is 2.32. The lowest BCUT2D eigenvalue weighted by Gasteiger charge is -2.15. The van der Waals surface area contributed by atoms with E-state index in [1.165, 1.54) is 47.2 Å². The first-order chi connectivity index (χ1) is 16.9. The van der Waals surface area contributed by atoms with E-state index in [-0.39, 0.29) is 39.8 Å². The number of aromatic nitrogens is 3. The van der Waals surface area contributed by atoms with E-state index in [4.69, 9.17) is 16.3 Å². The molecule has 10 heteroatoms. The molecule has 0 N–H and O–H groups in total. The molecule has 5 rings (SSSR count). The number of hydrogen-bond acceptors (Lipinski definition) is 4. The minimum atomic E-state index is -0.802. The molecule has 2 aromatic carbocycles. The first kappa shape index (κ1) is 22.8. The van der Waals surface area contributed by atoms with Crippen molar-refractivity contribution in [1.29, 1.82) is 0 Å². The number of amides is 1. The second-order valence-corrected chi connectivity index (χ2v) is 8.46. The van der Waals surface area contributed by atoms with Crippen LogP contribution in [0.5, 0.6) is 11.5 Å². The van der Waals surface area contributed by atoms with Crippen LogP contribution < -0.4 is 10.4 Å². The van der Waals surface area contributed by atoms with E-state index in [0.29, 0.717) is 30.5 Å². The minimum Gasteiger partial charge on any atom is -0.451 e. The standard InChI is InChI=1S/C25H19ClF2N4O3/c1-2-23(33)30-11-9-16(14-30)32-19-8-10-29-13-20(19)31(25(32)34)15-6-7-21(18(27)12-15)35-22-5-3-4-17(26)24(22)28/h2-8,10,12-13,16H,1,9,11,14H2. The first-order valence-corrected chi connectivity index (χ1v) is 11.2. The molecule has 0 saturated carbocycles. The highest BCUT2D eigenvalue weighted by Gasteiger charge is 2.30. The second-order valence-electron chi connectivity index (χ2n) is 8.05. The van der Waals surface area contributed by atoms with Gasteiger partial charge in [0.05, 0.1) is 34.0 Å². The van der Waals surface area contributed by atoms with Crippen molar-refractivity contribution in [3.63, 3.8) is 0 Å². The normalized spacial score (nSPS) is 15.5. The van der Waals surface area contributed by atoms with E-state index in [1.54, 1.807) is 21.7 Å². The van der Waals surface area contributed by atoms with E-state index in [1.807, 2.05) is 0 Å². The number of imidazole rings is 1. The second kappa shape index (κ2) is 8.99. The summed E-state index contributed by atoms with van der Waals surface area (Å²) in [5.41, 5.74) is 0.963. The van der Waals surface area contributed by atoms with Gasteiger partial charge in [0.2, 0.25) is 5.91 Å². The third-order valence-corrected chi connectivity index (χ3v) is 6.29. The van der Waals surface area contributed by atoms with Crippen LogP contribution in [0.15, 0.2) is 72.3 Å². The van der Waals surface area contributed by atoms with Crippen molar-refractivity contribution in [3.05, 3.63) is 94.7 Å². The summed E-state index contributed by atoms with van der Waals surface area (Å²) in [7, 11) is 0. The molecule has 7 nitrogen and oxygen atoms in total. The molecule has 178 valence electrons. The molecule has 2 aromatic heterocycles. The maximum atomic E-state index is 15.0. The Kier molecular flexibility index (Phi) is 5.86. The predicted octanol–water partition coefficient (Wildman–Crippen LogP) is 4.87. The molecule has 1 aliphatic rings. The third-order valence-electron chi connectivity index (χ3n) is 6.00. The number of nitrogens with zero attached hydrogens (tertiary/aromatic N) is 4. The number of likely N-dealkylation sites (tertiary alicyclic amines) is 1. The van der Waals surface area contributed by atoms with Gasteiger partial charge in [-0.15, -0.1) is 0 Å². The zero-order valence-corrected chi connectivity index (χ0v) is 19.1. The first-order valence-electron chi connectivity index (χ1n) is 10.8. The number of carbonyl (C=O) groups excluding carboxylic acids is 1. The average molecular weight is 497 g/mol. The van der Waals surface area contributed by atoms with E-state index in [9.17, 15) is 14.0 Å². The lowest BCUT2D eigenvalue weighted by atomic mass is 10.2. The molecular weight excluding hydrogens is 478 g/mol. The topological polar surface area (TPSA) is 69.4 Å². The van der Waals surface area contributed by atoms with Gasteiger partial charge in [-0.2, -0.15) is 0 Å². The minimum absolute atomic E-state index is 0.147. The van der Waals surface area contributed by atoms with Crippen molar-refractivity contribution in [2.24, 2.45) is 0 Å². The Labute approximate surface area is 203 Å². The summed E-state index contributed by atoms with van der Waals surface area (Å²) in [5.74, 6) is -2.23. The van der Waals surface area contributed by atoms with Crippen LogP contribution >= 0.6 is 11.6 Å². The van der Waals surface area contributed by atoms with Gasteiger partial charge in [0.1, 0.15) is 0 Å². The summed E-state index contributed by atoms with van der Waals surface area (Å²) in [6.45, 7) is 4.38. The van der Waals surface area contributed by atoms with Crippen molar-refractivity contribution < 1.29 is 18.3 Å². The largest absolute Gasteiger partial charge is 0.451 e. The van der Waals surface area contributed by atoms with Crippen molar-refractivity contribution in [2.75, 3.05) is 13.1 Å². The molecule has 35 heavy (non-hydrogen) atoms. The van der Waals surface area contributed by atoms with Crippen molar-refractivity contribution in [3.8, 4) is 17.2 Å². The highest BCUT2D eigenvalue weighted by molar-refractivity contribution is 6.30. The van der Waals surface area contributed by atoms with Gasteiger partial charge in [-0.1, -0.05) is 24.2 Å². The van der Waals surface area contributed by atoms with Crippen LogP contribution in [0.4, 0.5) is 8.78 Å². The van der Waals surface area contributed by atoms with Crippen LogP contribution in [0.1, 0.15) is 12.5 Å². The van der Waals surface area contributed by atoms with Crippen LogP contribution in [0.2, 0.25) is 5.02 Å². The molecule has 4 aromatic rings. The smallest absolute Gasteiger partial charge is 0.334 e. The van der Waals surface area contributed by atoms with Crippen molar-refractivity contribution in [2.45, 2.75) is 12.5 Å². The molecular formula is C25H19ClF2N4O3. The van der Waals surface area contributed by atoms with Crippen LogP contribution in [-0.2, 0) is 4.79 Å². The number of pyridine rings is 1. The molecule has 0 bridgehead atoms. The highest BCUT2D eigenvalue weighted by atomic mass is 35.5. The average Bonchev–Trinajstić information content (AvgIpc) is 3.44. The van der Waals surface area contributed by atoms with E-state index in [2.05, 4.69) is 11.6 Å². The van der Waals surface area contributed by atoms with Gasteiger partial charge in [0.15, 0.2) is 23.1 Å².